The molecule has 14 aliphatic rings. The molecular formula is C105H117F4N33O8. The zero-order chi connectivity index (χ0) is 104. The van der Waals surface area contributed by atoms with E-state index in [0.29, 0.717) is 140 Å². The van der Waals surface area contributed by atoms with Gasteiger partial charge in [0.25, 0.3) is 5.91 Å². The van der Waals surface area contributed by atoms with E-state index < -0.39 is 0 Å². The molecule has 12 aromatic rings. The van der Waals surface area contributed by atoms with Crippen LogP contribution in [0, 0.1) is 58.3 Å². The van der Waals surface area contributed by atoms with Crippen LogP contribution in [0.4, 0.5) is 63.6 Å². The molecule has 0 radical (unpaired) electrons. The Hall–Kier alpha value is -15.0. The molecule has 8 aliphatic carbocycles. The summed E-state index contributed by atoms with van der Waals surface area (Å²) in [6.45, 7) is 10.6. The Labute approximate surface area is 861 Å². The van der Waals surface area contributed by atoms with E-state index in [1.54, 1.807) is 82.1 Å². The number of fused-ring (bicyclic) bond motifs is 13. The molecule has 4 saturated carbocycles. The van der Waals surface area contributed by atoms with Gasteiger partial charge >= 0.3 is 24.0 Å². The standard InChI is InChI=1S/C29H34FN9O2.C28H32FN9O2.C25H27FN8O3.C23H24FN7O/c1-32-21-7-16(30)6-20-19(21)8-22-26(20)27(39-14-23(31)29(15-39)4-5-29)36-28(35-22)41-18-10-33-24(34-11-18)9-25(40)38-12-17(13-38)37(2)3;1-32-20-7-15(29)6-19-18(20)8-21-25(19)26(38-13-22(31)28(14-38)3-4-28)36-27(35-21)40-17-10-33-23(34-11-17)9-24(39)37-5-2-16(30)12-37;1-28-17-6-13(26)5-16-15(17)7-18-22(16)23(34-11-19(27)25(12-34)3-4-25)32-24(31-18)37-14-9-29-20(30-10-14)8-21(35)33-36-2;1-11-27-7-14(8-28-11)32-23-29-20-6-15-16(4-13(24)5-19(15)26-2)21(20)22(30-23)31-9-12-3-18(25)17(12)10-31/h6-7,10-11,17,23,32H,4-5,8-9,12-15,31H2,1-3H3;6-7,10-11,16,22,32H,2-5,8-9,12-14,30-31H2,1H3;5-6,9-10,19,28H,3-4,7-8,11-12,27H2,1-2H3,(H,33,35);4-5,7-8,12,17-18,26H,3,6,9-10,25H2,1-2H3/t23-;16?,22-;19-;12-,17+,18-/m0001/s1. The second-order valence-corrected chi connectivity index (χ2v) is 42.0. The summed E-state index contributed by atoms with van der Waals surface area (Å²) in [4.78, 5) is 128. The molecule has 10 fully saturated rings. The topological polar surface area (TPSA) is 517 Å². The summed E-state index contributed by atoms with van der Waals surface area (Å²) in [5, 5.41) is 12.4. The van der Waals surface area contributed by atoms with Crippen LogP contribution in [0.1, 0.15) is 120 Å². The zero-order valence-electron chi connectivity index (χ0n) is 84.4. The molecule has 778 valence electrons. The number of hydroxylamine groups is 1. The van der Waals surface area contributed by atoms with Crippen LogP contribution >= 0.6 is 0 Å². The Bertz CT molecular complexity index is 7310. The fraction of sp³-hybridized carbons (Fsp3) is 0.438. The Morgan fingerprint density at radius 2 is 0.740 bits per heavy atom. The molecule has 26 rings (SSSR count). The number of anilines is 8. The summed E-state index contributed by atoms with van der Waals surface area (Å²) < 4.78 is 82.2. The number of halogens is 4. The lowest BCUT2D eigenvalue weighted by molar-refractivity contribution is -0.137. The van der Waals surface area contributed by atoms with Crippen molar-refractivity contribution < 1.29 is 55.7 Å². The van der Waals surface area contributed by atoms with Crippen LogP contribution in [0.15, 0.2) is 98.1 Å². The highest BCUT2D eigenvalue weighted by Crippen LogP contribution is 2.59. The molecule has 6 aliphatic heterocycles. The zero-order valence-corrected chi connectivity index (χ0v) is 84.4. The van der Waals surface area contributed by atoms with Crippen LogP contribution in [0.2, 0.25) is 0 Å². The van der Waals surface area contributed by atoms with Gasteiger partial charge in [-0.25, -0.2) is 62.9 Å². The van der Waals surface area contributed by atoms with E-state index in [1.807, 2.05) is 25.9 Å². The van der Waals surface area contributed by atoms with E-state index in [4.69, 9.17) is 82.5 Å². The fourth-order valence-corrected chi connectivity index (χ4v) is 23.1. The van der Waals surface area contributed by atoms with Crippen LogP contribution < -0.4 is 94.0 Å². The molecule has 6 saturated heterocycles. The quantitative estimate of drug-likeness (QED) is 0.0199. The van der Waals surface area contributed by atoms with Crippen molar-refractivity contribution in [1.29, 1.82) is 0 Å². The number of nitrogens with two attached hydrogens (primary N) is 5. The van der Waals surface area contributed by atoms with Gasteiger partial charge in [0.1, 0.15) is 69.8 Å². The number of aryl methyl sites for hydroxylation is 1. The Morgan fingerprint density at radius 1 is 0.413 bits per heavy atom. The SMILES string of the molecule is CNc1cc(F)cc2c1Cc1nc(Oc3cnc(C)nc3)nc(N3C[C@H]4C[C@@H](N)[C@H]4C3)c1-2.CNc1cc(F)cc2c1Cc1nc(Oc3cnc(CC(=O)N4CC(N(C)C)C4)nc3)nc(N3C[C@H](N)C4(CC4)C3)c1-2.CNc1cc(F)cc2c1Cc1nc(Oc3cnc(CC(=O)N4CCC(N)C4)nc3)nc(N3C[C@H](N)C4(CC4)C3)c1-2.CNc1cc(F)cc2c1Cc1nc(Oc3cnc(CC(=O)NOC)nc3)nc(N3C[C@H](N)C4(CC4)C3)c1-2. The molecule has 45 heteroatoms. The van der Waals surface area contributed by atoms with Gasteiger partial charge < -0.3 is 103 Å². The number of likely N-dealkylation sites (tertiary alicyclic amines) is 2. The molecule has 150 heavy (non-hydrogen) atoms. The lowest BCUT2D eigenvalue weighted by atomic mass is 9.72. The summed E-state index contributed by atoms with van der Waals surface area (Å²) in [5.41, 5.74) is 51.0. The summed E-state index contributed by atoms with van der Waals surface area (Å²) >= 11 is 0. The normalized spacial score (nSPS) is 20.8. The van der Waals surface area contributed by atoms with E-state index in [-0.39, 0.29) is 131 Å². The van der Waals surface area contributed by atoms with Gasteiger partial charge in [-0.15, -0.1) is 0 Å². The number of rotatable bonds is 24. The molecule has 14 heterocycles. The first-order valence-electron chi connectivity index (χ1n) is 50.8. The third-order valence-corrected chi connectivity index (χ3v) is 32.1. The monoisotopic (exact) mass is 2040 g/mol. The number of nitrogens with one attached hydrogen (secondary N) is 5. The lowest BCUT2D eigenvalue weighted by Gasteiger charge is -2.42. The van der Waals surface area contributed by atoms with E-state index >= 15 is 0 Å². The van der Waals surface area contributed by atoms with Crippen molar-refractivity contribution in [3.05, 3.63) is 190 Å². The number of hydrogen-bond acceptors (Lipinski definition) is 38. The van der Waals surface area contributed by atoms with Crippen molar-refractivity contribution in [2.45, 2.75) is 139 Å². The smallest absolute Gasteiger partial charge is 0.324 e. The maximum atomic E-state index is 14.6. The third kappa shape index (κ3) is 19.0. The van der Waals surface area contributed by atoms with Crippen molar-refractivity contribution in [3.8, 4) is 91.5 Å². The molecule has 8 aromatic heterocycles. The second kappa shape index (κ2) is 39.2. The molecule has 0 bridgehead atoms. The first-order chi connectivity index (χ1) is 72.4. The third-order valence-electron chi connectivity index (χ3n) is 32.1. The van der Waals surface area contributed by atoms with Gasteiger partial charge in [0.05, 0.1) is 98.7 Å². The highest BCUT2D eigenvalue weighted by atomic mass is 19.1. The number of likely N-dealkylation sites (N-methyl/N-ethyl adjacent to an activating group) is 1. The molecule has 41 nitrogen and oxygen atoms in total. The largest absolute Gasteiger partial charge is 0.421 e. The highest BCUT2D eigenvalue weighted by Gasteiger charge is 2.58. The number of benzene rings is 4. The summed E-state index contributed by atoms with van der Waals surface area (Å²) in [6.07, 6.45) is 23.1. The second-order valence-electron chi connectivity index (χ2n) is 42.0. The van der Waals surface area contributed by atoms with Crippen molar-refractivity contribution >= 4 is 63.7 Å². The number of amides is 3. The van der Waals surface area contributed by atoms with E-state index in [0.717, 1.165) is 215 Å². The predicted molar refractivity (Wildman–Crippen MR) is 549 cm³/mol. The molecule has 7 atom stereocenters. The number of hydrogen-bond donors (Lipinski definition) is 10. The molecule has 1 unspecified atom stereocenters. The number of carbonyl (C=O) groups excluding carboxylic acids is 3. The Kier molecular flexibility index (Phi) is 25.7. The fourth-order valence-electron chi connectivity index (χ4n) is 23.1. The van der Waals surface area contributed by atoms with Gasteiger partial charge in [-0.3, -0.25) is 19.2 Å². The molecule has 3 spiro atoms. The van der Waals surface area contributed by atoms with Gasteiger partial charge in [-0.05, 0) is 177 Å². The van der Waals surface area contributed by atoms with Gasteiger partial charge in [0, 0.05) is 230 Å². The molecule has 4 aromatic carbocycles. The van der Waals surface area contributed by atoms with Gasteiger partial charge in [-0.2, -0.15) is 39.9 Å². The first kappa shape index (κ1) is 98.3. The number of carbonyl (C=O) groups is 3. The predicted octanol–water partition coefficient (Wildman–Crippen LogP) is 8.76. The van der Waals surface area contributed by atoms with E-state index in [9.17, 15) is 31.9 Å². The first-order valence-corrected chi connectivity index (χ1v) is 50.8. The van der Waals surface area contributed by atoms with Gasteiger partial charge in [0.2, 0.25) is 11.8 Å². The highest BCUT2D eigenvalue weighted by molar-refractivity contribution is 5.93. The number of aromatic nitrogens is 16. The van der Waals surface area contributed by atoms with E-state index in [2.05, 4.69) is 101 Å². The van der Waals surface area contributed by atoms with Crippen LogP contribution in [-0.4, -0.2) is 276 Å². The van der Waals surface area contributed by atoms with Crippen LogP contribution in [-0.2, 0) is 64.2 Å². The minimum absolute atomic E-state index is 0.0116. The number of nitrogens with zero attached hydrogens (tertiary/aromatic N) is 23. The van der Waals surface area contributed by atoms with Crippen molar-refractivity contribution in [2.75, 3.05) is 169 Å². The lowest BCUT2D eigenvalue weighted by Crippen LogP contribution is -2.59. The van der Waals surface area contributed by atoms with Crippen LogP contribution in [0.3, 0.4) is 0 Å². The minimum atomic E-state index is -0.364. The molecule has 3 amide bonds. The average Bonchev–Trinajstić information content (AvgIpc) is 1.57. The minimum Gasteiger partial charge on any atom is -0.421 e. The summed E-state index contributed by atoms with van der Waals surface area (Å²) in [7, 11) is 12.5. The maximum absolute atomic E-state index is 14.6. The molecular weight excluding hydrogens is 1930 g/mol. The molecule has 15 N–H and O–H groups in total. The van der Waals surface area contributed by atoms with Crippen molar-refractivity contribution in [3.63, 3.8) is 0 Å². The van der Waals surface area contributed by atoms with E-state index in [1.165, 1.54) is 56.2 Å². The van der Waals surface area contributed by atoms with Gasteiger partial charge in [-0.1, -0.05) is 0 Å². The van der Waals surface area contributed by atoms with Crippen LogP contribution in [0.5, 0.6) is 47.0 Å². The van der Waals surface area contributed by atoms with Crippen molar-refractivity contribution in [2.24, 2.45) is 56.7 Å². The maximum Gasteiger partial charge on any atom is 0.324 e. The van der Waals surface area contributed by atoms with Crippen molar-refractivity contribution in [1.82, 2.24) is 99.9 Å². The van der Waals surface area contributed by atoms with Crippen LogP contribution in [0.25, 0.3) is 44.5 Å². The summed E-state index contributed by atoms with van der Waals surface area (Å²) in [5.74, 6) is 5.67. The van der Waals surface area contributed by atoms with Gasteiger partial charge in [0.15, 0.2) is 23.0 Å². The summed E-state index contributed by atoms with van der Waals surface area (Å²) in [6, 6.07) is 13.8. The Morgan fingerprint density at radius 3 is 1.03 bits per heavy atom. The Balaban J connectivity index is 0.000000110. The average molecular weight is 2050 g/mol. The number of ether oxygens (including phenoxy) is 4.